The summed E-state index contributed by atoms with van der Waals surface area (Å²) >= 11 is 2.23. The van der Waals surface area contributed by atoms with Crippen LogP contribution < -0.4 is 4.74 Å². The van der Waals surface area contributed by atoms with Gasteiger partial charge in [-0.25, -0.2) is 0 Å². The molecule has 16 heavy (non-hydrogen) atoms. The van der Waals surface area contributed by atoms with Gasteiger partial charge < -0.3 is 4.74 Å². The van der Waals surface area contributed by atoms with Crippen molar-refractivity contribution in [1.82, 2.24) is 0 Å². The third-order valence-electron chi connectivity index (χ3n) is 3.15. The molecule has 1 saturated carbocycles. The summed E-state index contributed by atoms with van der Waals surface area (Å²) in [6.45, 7) is 0. The number of ether oxygens (including phenoxy) is 1. The number of rotatable bonds is 3. The normalized spacial score (nSPS) is 16.4. The summed E-state index contributed by atoms with van der Waals surface area (Å²) in [5.41, 5.74) is 0.751. The Morgan fingerprint density at radius 2 is 2.06 bits per heavy atom. The van der Waals surface area contributed by atoms with Gasteiger partial charge in [0.2, 0.25) is 0 Å². The fraction of sp³-hybridized carbons (Fsp3) is 0.462. The molecule has 0 bridgehead atoms. The Hall–Kier alpha value is -0.580. The summed E-state index contributed by atoms with van der Waals surface area (Å²) in [4.78, 5) is 12.3. The van der Waals surface area contributed by atoms with Crippen molar-refractivity contribution in [2.45, 2.75) is 25.7 Å². The fourth-order valence-corrected chi connectivity index (χ4v) is 2.77. The van der Waals surface area contributed by atoms with E-state index in [1.165, 1.54) is 12.8 Å². The Morgan fingerprint density at radius 1 is 1.38 bits per heavy atom. The first kappa shape index (κ1) is 11.9. The summed E-state index contributed by atoms with van der Waals surface area (Å²) in [6.07, 6.45) is 4.44. The molecule has 0 aliphatic heterocycles. The standard InChI is InChI=1S/C13H15IO2/c1-16-12-7-6-10(14)8-11(12)13(15)9-4-2-3-5-9/h6-9H,2-5H2,1H3. The fourth-order valence-electron chi connectivity index (χ4n) is 2.28. The van der Waals surface area contributed by atoms with Crippen LogP contribution in [0.2, 0.25) is 0 Å². The van der Waals surface area contributed by atoms with Gasteiger partial charge >= 0.3 is 0 Å². The molecular formula is C13H15IO2. The first-order chi connectivity index (χ1) is 7.72. The number of hydrogen-bond acceptors (Lipinski definition) is 2. The molecule has 0 aromatic heterocycles. The minimum atomic E-state index is 0.215. The van der Waals surface area contributed by atoms with Crippen molar-refractivity contribution in [3.8, 4) is 5.75 Å². The van der Waals surface area contributed by atoms with Crippen molar-refractivity contribution in [2.24, 2.45) is 5.92 Å². The molecule has 1 aromatic carbocycles. The molecule has 2 rings (SSSR count). The Kier molecular flexibility index (Phi) is 3.84. The lowest BCUT2D eigenvalue weighted by Crippen LogP contribution is -2.12. The largest absolute Gasteiger partial charge is 0.496 e. The number of halogens is 1. The Labute approximate surface area is 110 Å². The highest BCUT2D eigenvalue weighted by atomic mass is 127. The second-order valence-electron chi connectivity index (χ2n) is 4.19. The summed E-state index contributed by atoms with van der Waals surface area (Å²) in [6, 6.07) is 5.77. The lowest BCUT2D eigenvalue weighted by Gasteiger charge is -2.12. The molecule has 0 radical (unpaired) electrons. The maximum absolute atomic E-state index is 12.3. The van der Waals surface area contributed by atoms with Crippen LogP contribution in [-0.2, 0) is 0 Å². The molecular weight excluding hydrogens is 315 g/mol. The summed E-state index contributed by atoms with van der Waals surface area (Å²) in [5, 5.41) is 0. The average Bonchev–Trinajstić information content (AvgIpc) is 2.81. The van der Waals surface area contributed by atoms with E-state index in [1.54, 1.807) is 7.11 Å². The van der Waals surface area contributed by atoms with E-state index in [9.17, 15) is 4.79 Å². The monoisotopic (exact) mass is 330 g/mol. The van der Waals surface area contributed by atoms with Crippen molar-refractivity contribution in [1.29, 1.82) is 0 Å². The third kappa shape index (κ3) is 2.39. The minimum Gasteiger partial charge on any atom is -0.496 e. The summed E-state index contributed by atoms with van der Waals surface area (Å²) in [7, 11) is 1.62. The minimum absolute atomic E-state index is 0.215. The van der Waals surface area contributed by atoms with Gasteiger partial charge in [0.15, 0.2) is 5.78 Å². The van der Waals surface area contributed by atoms with E-state index in [0.717, 1.165) is 22.0 Å². The van der Waals surface area contributed by atoms with Crippen molar-refractivity contribution < 1.29 is 9.53 Å². The molecule has 86 valence electrons. The number of methoxy groups -OCH3 is 1. The second kappa shape index (κ2) is 5.17. The van der Waals surface area contributed by atoms with Crippen LogP contribution in [0.4, 0.5) is 0 Å². The van der Waals surface area contributed by atoms with Crippen LogP contribution in [-0.4, -0.2) is 12.9 Å². The van der Waals surface area contributed by atoms with Crippen LogP contribution in [0.15, 0.2) is 18.2 Å². The van der Waals surface area contributed by atoms with Gasteiger partial charge in [0.05, 0.1) is 12.7 Å². The zero-order chi connectivity index (χ0) is 11.5. The lowest BCUT2D eigenvalue weighted by atomic mass is 9.96. The van der Waals surface area contributed by atoms with Crippen molar-refractivity contribution >= 4 is 28.4 Å². The number of carbonyl (C=O) groups is 1. The highest BCUT2D eigenvalue weighted by Gasteiger charge is 2.25. The van der Waals surface area contributed by atoms with Gasteiger partial charge in [0, 0.05) is 9.49 Å². The molecule has 0 spiro atoms. The van der Waals surface area contributed by atoms with Crippen LogP contribution in [0, 0.1) is 9.49 Å². The molecule has 1 fully saturated rings. The van der Waals surface area contributed by atoms with Gasteiger partial charge in [0.25, 0.3) is 0 Å². The molecule has 0 N–H and O–H groups in total. The Morgan fingerprint density at radius 3 is 2.69 bits per heavy atom. The number of Topliss-reactive ketones (excluding diaryl/α,β-unsaturated/α-hetero) is 1. The predicted octanol–water partition coefficient (Wildman–Crippen LogP) is 3.67. The highest BCUT2D eigenvalue weighted by Crippen LogP contribution is 2.31. The zero-order valence-electron chi connectivity index (χ0n) is 9.33. The molecule has 0 saturated heterocycles. The van der Waals surface area contributed by atoms with E-state index < -0.39 is 0 Å². The molecule has 2 nitrogen and oxygen atoms in total. The Bertz CT molecular complexity index is 395. The van der Waals surface area contributed by atoms with Crippen molar-refractivity contribution in [2.75, 3.05) is 7.11 Å². The number of benzene rings is 1. The van der Waals surface area contributed by atoms with Crippen LogP contribution in [0.25, 0.3) is 0 Å². The number of hydrogen-bond donors (Lipinski definition) is 0. The Balaban J connectivity index is 2.30. The van der Waals surface area contributed by atoms with Crippen molar-refractivity contribution in [3.63, 3.8) is 0 Å². The van der Waals surface area contributed by atoms with E-state index in [4.69, 9.17) is 4.74 Å². The lowest BCUT2D eigenvalue weighted by molar-refractivity contribution is 0.0919. The van der Waals surface area contributed by atoms with Gasteiger partial charge in [0.1, 0.15) is 5.75 Å². The first-order valence-electron chi connectivity index (χ1n) is 5.60. The first-order valence-corrected chi connectivity index (χ1v) is 6.68. The van der Waals surface area contributed by atoms with E-state index >= 15 is 0 Å². The number of carbonyl (C=O) groups excluding carboxylic acids is 1. The van der Waals surface area contributed by atoms with E-state index in [2.05, 4.69) is 22.6 Å². The maximum Gasteiger partial charge on any atom is 0.169 e. The summed E-state index contributed by atoms with van der Waals surface area (Å²) in [5.74, 6) is 1.18. The van der Waals surface area contributed by atoms with Crippen LogP contribution in [0.5, 0.6) is 5.75 Å². The van der Waals surface area contributed by atoms with Crippen LogP contribution in [0.3, 0.4) is 0 Å². The molecule has 1 aliphatic rings. The SMILES string of the molecule is COc1ccc(I)cc1C(=O)C1CCCC1. The van der Waals surface area contributed by atoms with E-state index in [1.807, 2.05) is 18.2 Å². The average molecular weight is 330 g/mol. The van der Waals surface area contributed by atoms with Gasteiger partial charge in [-0.1, -0.05) is 12.8 Å². The molecule has 1 aliphatic carbocycles. The summed E-state index contributed by atoms with van der Waals surface area (Å²) < 4.78 is 6.34. The molecule has 0 unspecified atom stereocenters. The van der Waals surface area contributed by atoms with Gasteiger partial charge in [-0.2, -0.15) is 0 Å². The van der Waals surface area contributed by atoms with Gasteiger partial charge in [-0.05, 0) is 53.6 Å². The smallest absolute Gasteiger partial charge is 0.169 e. The molecule has 0 atom stereocenters. The van der Waals surface area contributed by atoms with Crippen LogP contribution >= 0.6 is 22.6 Å². The topological polar surface area (TPSA) is 26.3 Å². The van der Waals surface area contributed by atoms with Gasteiger partial charge in [-0.3, -0.25) is 4.79 Å². The van der Waals surface area contributed by atoms with E-state index in [-0.39, 0.29) is 11.7 Å². The highest BCUT2D eigenvalue weighted by molar-refractivity contribution is 14.1. The quantitative estimate of drug-likeness (QED) is 0.624. The molecule has 0 heterocycles. The molecule has 0 amide bonds. The van der Waals surface area contributed by atoms with E-state index in [0.29, 0.717) is 5.75 Å². The number of ketones is 1. The maximum atomic E-state index is 12.3. The third-order valence-corrected chi connectivity index (χ3v) is 3.82. The predicted molar refractivity (Wildman–Crippen MR) is 72.0 cm³/mol. The van der Waals surface area contributed by atoms with Crippen molar-refractivity contribution in [3.05, 3.63) is 27.3 Å². The zero-order valence-corrected chi connectivity index (χ0v) is 11.5. The van der Waals surface area contributed by atoms with Crippen LogP contribution in [0.1, 0.15) is 36.0 Å². The molecule has 1 aromatic rings. The second-order valence-corrected chi connectivity index (χ2v) is 5.44. The van der Waals surface area contributed by atoms with Gasteiger partial charge in [-0.15, -0.1) is 0 Å². The molecule has 3 heteroatoms.